The van der Waals surface area contributed by atoms with E-state index in [-0.39, 0.29) is 28.8 Å². The Bertz CT molecular complexity index is 1010. The molecule has 0 fully saturated rings. The van der Waals surface area contributed by atoms with Crippen LogP contribution in [0.4, 0.5) is 27.5 Å². The van der Waals surface area contributed by atoms with Crippen LogP contribution in [0, 0.1) is 5.82 Å². The van der Waals surface area contributed by atoms with Gasteiger partial charge in [0.05, 0.1) is 26.1 Å². The Hall–Kier alpha value is -3.88. The van der Waals surface area contributed by atoms with E-state index in [9.17, 15) is 14.3 Å². The third kappa shape index (κ3) is 4.09. The summed E-state index contributed by atoms with van der Waals surface area (Å²) in [7, 11) is 2.68. The monoisotopic (exact) mass is 384 g/mol. The van der Waals surface area contributed by atoms with Crippen LogP contribution in [-0.2, 0) is 4.74 Å². The van der Waals surface area contributed by atoms with Gasteiger partial charge in [0.15, 0.2) is 17.4 Å². The number of methoxy groups -OCH3 is 2. The Morgan fingerprint density at radius 3 is 2.64 bits per heavy atom. The second-order valence-corrected chi connectivity index (χ2v) is 5.57. The van der Waals surface area contributed by atoms with Gasteiger partial charge >= 0.3 is 5.97 Å². The standard InChI is InChI=1S/C19H17FN4O4/c1-27-16-13(18(26)28-2)7-4-8-15(16)23-19-21-10-14(20)17(24-19)22-11-5-3-6-12(25)9-11/h3-10,25H,1-2H3,(H2,21,22,23,24). The van der Waals surface area contributed by atoms with Crippen LogP contribution < -0.4 is 15.4 Å². The van der Waals surface area contributed by atoms with E-state index in [4.69, 9.17) is 9.47 Å². The van der Waals surface area contributed by atoms with Gasteiger partial charge < -0.3 is 25.2 Å². The summed E-state index contributed by atoms with van der Waals surface area (Å²) in [5.41, 5.74) is 1.07. The molecule has 0 aliphatic heterocycles. The molecule has 0 saturated heterocycles. The van der Waals surface area contributed by atoms with Crippen LogP contribution in [0.5, 0.6) is 11.5 Å². The third-order valence-electron chi connectivity index (χ3n) is 3.72. The van der Waals surface area contributed by atoms with Crippen molar-refractivity contribution in [3.05, 3.63) is 60.0 Å². The fourth-order valence-electron chi connectivity index (χ4n) is 2.48. The van der Waals surface area contributed by atoms with Crippen molar-refractivity contribution in [2.45, 2.75) is 0 Å². The largest absolute Gasteiger partial charge is 0.508 e. The molecule has 3 rings (SSSR count). The molecule has 0 saturated carbocycles. The zero-order valence-corrected chi connectivity index (χ0v) is 15.1. The van der Waals surface area contributed by atoms with Crippen LogP contribution in [0.15, 0.2) is 48.7 Å². The normalized spacial score (nSPS) is 10.2. The van der Waals surface area contributed by atoms with E-state index in [1.54, 1.807) is 30.3 Å². The first-order valence-corrected chi connectivity index (χ1v) is 8.12. The fourth-order valence-corrected chi connectivity index (χ4v) is 2.48. The molecule has 0 unspecified atom stereocenters. The number of hydrogen-bond acceptors (Lipinski definition) is 8. The number of esters is 1. The summed E-state index contributed by atoms with van der Waals surface area (Å²) in [5.74, 6) is -0.988. The number of rotatable bonds is 6. The van der Waals surface area contributed by atoms with Crippen LogP contribution in [0.3, 0.4) is 0 Å². The molecule has 28 heavy (non-hydrogen) atoms. The lowest BCUT2D eigenvalue weighted by Crippen LogP contribution is -2.08. The van der Waals surface area contributed by atoms with Gasteiger partial charge in [-0.1, -0.05) is 12.1 Å². The van der Waals surface area contributed by atoms with Crippen molar-refractivity contribution in [2.75, 3.05) is 24.9 Å². The number of aromatic nitrogens is 2. The van der Waals surface area contributed by atoms with Gasteiger partial charge in [-0.2, -0.15) is 4.98 Å². The quantitative estimate of drug-likeness (QED) is 0.554. The molecule has 2 aromatic carbocycles. The molecule has 1 heterocycles. The number of nitrogens with zero attached hydrogens (tertiary/aromatic N) is 2. The fraction of sp³-hybridized carbons (Fsp3) is 0.105. The number of carbonyl (C=O) groups excluding carboxylic acids is 1. The number of anilines is 4. The molecule has 8 nitrogen and oxygen atoms in total. The minimum absolute atomic E-state index is 0.0298. The molecule has 144 valence electrons. The number of ether oxygens (including phenoxy) is 2. The highest BCUT2D eigenvalue weighted by molar-refractivity contribution is 5.95. The molecule has 3 N–H and O–H groups in total. The molecule has 0 aliphatic rings. The zero-order chi connectivity index (χ0) is 20.1. The van der Waals surface area contributed by atoms with E-state index < -0.39 is 11.8 Å². The number of nitrogens with one attached hydrogen (secondary N) is 2. The highest BCUT2D eigenvalue weighted by Crippen LogP contribution is 2.31. The number of phenols is 1. The van der Waals surface area contributed by atoms with E-state index in [0.717, 1.165) is 6.20 Å². The predicted molar refractivity (Wildman–Crippen MR) is 101 cm³/mol. The lowest BCUT2D eigenvalue weighted by atomic mass is 10.1. The van der Waals surface area contributed by atoms with Crippen molar-refractivity contribution in [2.24, 2.45) is 0 Å². The molecule has 3 aromatic rings. The van der Waals surface area contributed by atoms with Gasteiger partial charge in [0.1, 0.15) is 11.3 Å². The van der Waals surface area contributed by atoms with Gasteiger partial charge in [-0.3, -0.25) is 0 Å². The Labute approximate surface area is 160 Å². The summed E-state index contributed by atoms with van der Waals surface area (Å²) in [5, 5.41) is 15.2. The first-order valence-electron chi connectivity index (χ1n) is 8.12. The third-order valence-corrected chi connectivity index (χ3v) is 3.72. The molecular formula is C19H17FN4O4. The van der Waals surface area contributed by atoms with E-state index in [0.29, 0.717) is 11.4 Å². The van der Waals surface area contributed by atoms with Crippen LogP contribution in [0.2, 0.25) is 0 Å². The Balaban J connectivity index is 1.90. The van der Waals surface area contributed by atoms with Gasteiger partial charge in [0.25, 0.3) is 0 Å². The first-order chi connectivity index (χ1) is 13.5. The second kappa shape index (κ2) is 8.21. The maximum absolute atomic E-state index is 14.1. The van der Waals surface area contributed by atoms with Crippen LogP contribution in [0.25, 0.3) is 0 Å². The maximum Gasteiger partial charge on any atom is 0.341 e. The predicted octanol–water partition coefficient (Wildman–Crippen LogP) is 3.60. The highest BCUT2D eigenvalue weighted by Gasteiger charge is 2.17. The maximum atomic E-state index is 14.1. The molecule has 9 heteroatoms. The van der Waals surface area contributed by atoms with E-state index >= 15 is 0 Å². The van der Waals surface area contributed by atoms with Gasteiger partial charge in [0.2, 0.25) is 5.95 Å². The minimum atomic E-state index is -0.677. The topological polar surface area (TPSA) is 106 Å². The highest BCUT2D eigenvalue weighted by atomic mass is 19.1. The van der Waals surface area contributed by atoms with Crippen LogP contribution in [-0.4, -0.2) is 35.3 Å². The number of para-hydroxylation sites is 1. The average Bonchev–Trinajstić information content (AvgIpc) is 2.69. The number of hydrogen-bond donors (Lipinski definition) is 3. The number of benzene rings is 2. The summed E-state index contributed by atoms with van der Waals surface area (Å²) in [4.78, 5) is 19.9. The van der Waals surface area contributed by atoms with E-state index in [1.165, 1.54) is 26.4 Å². The number of aromatic hydroxyl groups is 1. The van der Waals surface area contributed by atoms with E-state index in [1.807, 2.05) is 0 Å². The van der Waals surface area contributed by atoms with Crippen molar-refractivity contribution < 1.29 is 23.8 Å². The van der Waals surface area contributed by atoms with Gasteiger partial charge in [-0.25, -0.2) is 14.2 Å². The summed E-state index contributed by atoms with van der Waals surface area (Å²) >= 11 is 0. The number of phenolic OH excluding ortho intramolecular Hbond substituents is 1. The van der Waals surface area contributed by atoms with Crippen molar-refractivity contribution in [3.8, 4) is 11.5 Å². The summed E-state index contributed by atoms with van der Waals surface area (Å²) in [6, 6.07) is 11.0. The van der Waals surface area contributed by atoms with Gasteiger partial charge in [0, 0.05) is 11.8 Å². The lowest BCUT2D eigenvalue weighted by molar-refractivity contribution is 0.0597. The van der Waals surface area contributed by atoms with Crippen molar-refractivity contribution in [1.82, 2.24) is 9.97 Å². The molecule has 0 aliphatic carbocycles. The van der Waals surface area contributed by atoms with E-state index in [2.05, 4.69) is 20.6 Å². The molecule has 0 atom stereocenters. The van der Waals surface area contributed by atoms with Crippen molar-refractivity contribution >= 4 is 29.1 Å². The van der Waals surface area contributed by atoms with Crippen molar-refractivity contribution in [1.29, 1.82) is 0 Å². The van der Waals surface area contributed by atoms with Gasteiger partial charge in [-0.15, -0.1) is 0 Å². The van der Waals surface area contributed by atoms with Gasteiger partial charge in [-0.05, 0) is 24.3 Å². The van der Waals surface area contributed by atoms with Crippen LogP contribution in [0.1, 0.15) is 10.4 Å². The molecular weight excluding hydrogens is 367 g/mol. The molecule has 0 bridgehead atoms. The SMILES string of the molecule is COC(=O)c1cccc(Nc2ncc(F)c(Nc3cccc(O)c3)n2)c1OC. The Morgan fingerprint density at radius 2 is 1.93 bits per heavy atom. The minimum Gasteiger partial charge on any atom is -0.508 e. The second-order valence-electron chi connectivity index (χ2n) is 5.57. The van der Waals surface area contributed by atoms with Crippen LogP contribution >= 0.6 is 0 Å². The number of carbonyl (C=O) groups is 1. The lowest BCUT2D eigenvalue weighted by Gasteiger charge is -2.14. The summed E-state index contributed by atoms with van der Waals surface area (Å²) in [6.45, 7) is 0. The zero-order valence-electron chi connectivity index (χ0n) is 15.1. The Kier molecular flexibility index (Phi) is 5.54. The summed E-state index contributed by atoms with van der Waals surface area (Å²) in [6.07, 6.45) is 0.997. The Morgan fingerprint density at radius 1 is 1.14 bits per heavy atom. The molecule has 1 aromatic heterocycles. The van der Waals surface area contributed by atoms with Crippen molar-refractivity contribution in [3.63, 3.8) is 0 Å². The first kappa shape index (κ1) is 18.9. The number of halogens is 1. The molecule has 0 radical (unpaired) electrons. The summed E-state index contributed by atoms with van der Waals surface area (Å²) < 4.78 is 24.1. The molecule has 0 spiro atoms. The average molecular weight is 384 g/mol. The molecule has 0 amide bonds. The smallest absolute Gasteiger partial charge is 0.341 e.